The molecule has 1 fully saturated rings. The molecule has 48 valence electrons. The average Bonchev–Trinajstić information content (AvgIpc) is 2.16. The van der Waals surface area contributed by atoms with Gasteiger partial charge in [-0.2, -0.15) is 0 Å². The number of aliphatic hydroxyl groups excluding tert-OH is 2. The Hall–Kier alpha value is -0.0800. The quantitative estimate of drug-likeness (QED) is 0.538. The van der Waals surface area contributed by atoms with Crippen molar-refractivity contribution < 1.29 is 10.2 Å². The van der Waals surface area contributed by atoms with Crippen LogP contribution in [0.15, 0.2) is 0 Å². The Morgan fingerprint density at radius 3 is 2.38 bits per heavy atom. The topological polar surface area (TPSA) is 40.5 Å². The molecule has 0 saturated heterocycles. The largest absolute Gasteiger partial charge is 0.396 e. The molecule has 0 aliphatic heterocycles. The molecule has 2 nitrogen and oxygen atoms in total. The number of aliphatic hydroxyl groups is 2. The summed E-state index contributed by atoms with van der Waals surface area (Å²) in [5, 5.41) is 17.4. The standard InChI is InChI=1S/C6H12O2/c1-6(2-3-7)4-5(6)8/h5,7-8H,2-4H2,1H3/t5?,6-/m0/s1. The van der Waals surface area contributed by atoms with Crippen LogP contribution >= 0.6 is 0 Å². The summed E-state index contributed by atoms with van der Waals surface area (Å²) in [6.07, 6.45) is 1.47. The lowest BCUT2D eigenvalue weighted by molar-refractivity contribution is 0.191. The number of hydrogen-bond acceptors (Lipinski definition) is 2. The van der Waals surface area contributed by atoms with E-state index in [1.165, 1.54) is 0 Å². The maximum Gasteiger partial charge on any atom is 0.0601 e. The molecule has 2 atom stereocenters. The zero-order valence-electron chi connectivity index (χ0n) is 5.09. The smallest absolute Gasteiger partial charge is 0.0601 e. The predicted molar refractivity (Wildman–Crippen MR) is 30.4 cm³/mol. The van der Waals surface area contributed by atoms with Crippen molar-refractivity contribution in [2.24, 2.45) is 5.41 Å². The SMILES string of the molecule is C[C@]1(CCO)CC1O. The highest BCUT2D eigenvalue weighted by atomic mass is 16.3. The fraction of sp³-hybridized carbons (Fsp3) is 1.00. The third-order valence-electron chi connectivity index (χ3n) is 1.99. The molecule has 0 heterocycles. The van der Waals surface area contributed by atoms with Gasteiger partial charge in [-0.1, -0.05) is 6.92 Å². The number of rotatable bonds is 2. The lowest BCUT2D eigenvalue weighted by Gasteiger charge is -2.02. The van der Waals surface area contributed by atoms with Gasteiger partial charge < -0.3 is 10.2 Å². The normalized spacial score (nSPS) is 44.6. The van der Waals surface area contributed by atoms with Crippen LogP contribution in [0.1, 0.15) is 19.8 Å². The average molecular weight is 116 g/mol. The van der Waals surface area contributed by atoms with Crippen LogP contribution in [0.25, 0.3) is 0 Å². The highest BCUT2D eigenvalue weighted by Crippen LogP contribution is 2.47. The molecule has 1 saturated carbocycles. The second-order valence-electron chi connectivity index (χ2n) is 2.85. The molecule has 2 heteroatoms. The highest BCUT2D eigenvalue weighted by Gasteiger charge is 2.48. The maximum absolute atomic E-state index is 8.91. The zero-order valence-corrected chi connectivity index (χ0v) is 5.09. The molecule has 0 aromatic heterocycles. The lowest BCUT2D eigenvalue weighted by atomic mass is 10.1. The van der Waals surface area contributed by atoms with Crippen molar-refractivity contribution >= 4 is 0 Å². The molecule has 0 spiro atoms. The molecular formula is C6H12O2. The molecule has 2 N–H and O–H groups in total. The molecule has 8 heavy (non-hydrogen) atoms. The second-order valence-corrected chi connectivity index (χ2v) is 2.85. The van der Waals surface area contributed by atoms with Crippen LogP contribution in [0.3, 0.4) is 0 Å². The molecule has 0 amide bonds. The van der Waals surface area contributed by atoms with Gasteiger partial charge in [-0.05, 0) is 18.3 Å². The van der Waals surface area contributed by atoms with Crippen molar-refractivity contribution in [1.29, 1.82) is 0 Å². The van der Waals surface area contributed by atoms with Crippen LogP contribution in [0.4, 0.5) is 0 Å². The Labute approximate surface area is 49.1 Å². The van der Waals surface area contributed by atoms with E-state index in [1.807, 2.05) is 6.92 Å². The first kappa shape index (κ1) is 6.05. The van der Waals surface area contributed by atoms with E-state index in [0.717, 1.165) is 12.8 Å². The van der Waals surface area contributed by atoms with Crippen LogP contribution in [0.2, 0.25) is 0 Å². The van der Waals surface area contributed by atoms with Gasteiger partial charge in [0, 0.05) is 6.61 Å². The summed E-state index contributed by atoms with van der Waals surface area (Å²) in [5.41, 5.74) is 0.0642. The molecule has 1 aliphatic rings. The van der Waals surface area contributed by atoms with Gasteiger partial charge in [-0.3, -0.25) is 0 Å². The Bertz CT molecular complexity index is 92.5. The summed E-state index contributed by atoms with van der Waals surface area (Å²) in [4.78, 5) is 0. The van der Waals surface area contributed by atoms with E-state index in [0.29, 0.717) is 0 Å². The van der Waals surface area contributed by atoms with E-state index >= 15 is 0 Å². The first-order valence-corrected chi connectivity index (χ1v) is 2.98. The van der Waals surface area contributed by atoms with Gasteiger partial charge in [0.15, 0.2) is 0 Å². The lowest BCUT2D eigenvalue weighted by Crippen LogP contribution is -2.02. The van der Waals surface area contributed by atoms with E-state index in [2.05, 4.69) is 0 Å². The van der Waals surface area contributed by atoms with Crippen LogP contribution in [-0.4, -0.2) is 22.9 Å². The van der Waals surface area contributed by atoms with Gasteiger partial charge in [-0.25, -0.2) is 0 Å². The molecule has 1 aliphatic carbocycles. The molecule has 0 radical (unpaired) electrons. The van der Waals surface area contributed by atoms with Crippen molar-refractivity contribution in [2.45, 2.75) is 25.9 Å². The fourth-order valence-electron chi connectivity index (χ4n) is 0.907. The molecule has 0 bridgehead atoms. The van der Waals surface area contributed by atoms with E-state index < -0.39 is 0 Å². The third kappa shape index (κ3) is 0.858. The monoisotopic (exact) mass is 116 g/mol. The minimum atomic E-state index is -0.144. The minimum Gasteiger partial charge on any atom is -0.396 e. The maximum atomic E-state index is 8.91. The molecule has 1 rings (SSSR count). The summed E-state index contributed by atoms with van der Waals surface area (Å²) < 4.78 is 0. The second kappa shape index (κ2) is 1.71. The van der Waals surface area contributed by atoms with Gasteiger partial charge in [0.2, 0.25) is 0 Å². The van der Waals surface area contributed by atoms with E-state index in [4.69, 9.17) is 10.2 Å². The van der Waals surface area contributed by atoms with Crippen molar-refractivity contribution in [2.75, 3.05) is 6.61 Å². The van der Waals surface area contributed by atoms with Crippen LogP contribution < -0.4 is 0 Å². The highest BCUT2D eigenvalue weighted by molar-refractivity contribution is 4.98. The van der Waals surface area contributed by atoms with Gasteiger partial charge >= 0.3 is 0 Å². The fourth-order valence-corrected chi connectivity index (χ4v) is 0.907. The van der Waals surface area contributed by atoms with E-state index in [-0.39, 0.29) is 18.1 Å². The van der Waals surface area contributed by atoms with Gasteiger partial charge in [0.1, 0.15) is 0 Å². The predicted octanol–water partition coefficient (Wildman–Crippen LogP) is 0.140. The van der Waals surface area contributed by atoms with Crippen molar-refractivity contribution in [3.8, 4) is 0 Å². The Morgan fingerprint density at radius 1 is 1.75 bits per heavy atom. The van der Waals surface area contributed by atoms with Gasteiger partial charge in [-0.15, -0.1) is 0 Å². The first-order valence-electron chi connectivity index (χ1n) is 2.98. The Kier molecular flexibility index (Phi) is 1.29. The minimum absolute atomic E-state index is 0.0642. The zero-order chi connectivity index (χ0) is 6.20. The van der Waals surface area contributed by atoms with Crippen molar-refractivity contribution in [1.82, 2.24) is 0 Å². The van der Waals surface area contributed by atoms with E-state index in [9.17, 15) is 0 Å². The first-order chi connectivity index (χ1) is 3.69. The summed E-state index contributed by atoms with van der Waals surface area (Å²) in [7, 11) is 0. The van der Waals surface area contributed by atoms with Crippen molar-refractivity contribution in [3.63, 3.8) is 0 Å². The third-order valence-corrected chi connectivity index (χ3v) is 1.99. The molecule has 0 aromatic carbocycles. The van der Waals surface area contributed by atoms with Crippen LogP contribution in [-0.2, 0) is 0 Å². The van der Waals surface area contributed by atoms with E-state index in [1.54, 1.807) is 0 Å². The van der Waals surface area contributed by atoms with Crippen molar-refractivity contribution in [3.05, 3.63) is 0 Å². The summed E-state index contributed by atoms with van der Waals surface area (Å²) in [6, 6.07) is 0. The Balaban J connectivity index is 2.25. The molecule has 1 unspecified atom stereocenters. The molecule has 0 aromatic rings. The summed E-state index contributed by atoms with van der Waals surface area (Å²) in [6.45, 7) is 2.20. The summed E-state index contributed by atoms with van der Waals surface area (Å²) in [5.74, 6) is 0. The van der Waals surface area contributed by atoms with Gasteiger partial charge in [0.25, 0.3) is 0 Å². The van der Waals surface area contributed by atoms with Crippen LogP contribution in [0, 0.1) is 5.41 Å². The summed E-state index contributed by atoms with van der Waals surface area (Å²) >= 11 is 0. The number of hydrogen-bond donors (Lipinski definition) is 2. The molecular weight excluding hydrogens is 104 g/mol. The Morgan fingerprint density at radius 2 is 2.25 bits per heavy atom. The van der Waals surface area contributed by atoms with Gasteiger partial charge in [0.05, 0.1) is 6.10 Å². The van der Waals surface area contributed by atoms with Crippen LogP contribution in [0.5, 0.6) is 0 Å².